The monoisotopic (exact) mass is 303 g/mol. The lowest BCUT2D eigenvalue weighted by Gasteiger charge is -2.15. The summed E-state index contributed by atoms with van der Waals surface area (Å²) < 4.78 is 0. The predicted molar refractivity (Wildman–Crippen MR) is 83.6 cm³/mol. The maximum Gasteiger partial charge on any atom is 0.251 e. The summed E-state index contributed by atoms with van der Waals surface area (Å²) in [6.45, 7) is 4.39. The van der Waals surface area contributed by atoms with Crippen LogP contribution in [-0.4, -0.2) is 36.9 Å². The molecule has 0 aromatic heterocycles. The summed E-state index contributed by atoms with van der Waals surface area (Å²) in [6, 6.07) is 6.88. The topological polar surface area (TPSA) is 78.5 Å². The molecule has 2 N–H and O–H groups in total. The minimum atomic E-state index is -0.307. The van der Waals surface area contributed by atoms with Crippen LogP contribution in [0.3, 0.4) is 0 Å². The van der Waals surface area contributed by atoms with E-state index in [1.165, 1.54) is 0 Å². The van der Waals surface area contributed by atoms with Crippen LogP contribution < -0.4 is 15.5 Å². The van der Waals surface area contributed by atoms with E-state index < -0.39 is 0 Å². The third kappa shape index (κ3) is 4.07. The van der Waals surface area contributed by atoms with Crippen molar-refractivity contribution in [2.24, 2.45) is 0 Å². The van der Waals surface area contributed by atoms with Gasteiger partial charge in [0.2, 0.25) is 11.8 Å². The third-order valence-electron chi connectivity index (χ3n) is 3.37. The zero-order valence-corrected chi connectivity index (χ0v) is 12.9. The highest BCUT2D eigenvalue weighted by Gasteiger charge is 2.21. The van der Waals surface area contributed by atoms with E-state index in [1.54, 1.807) is 29.2 Å². The van der Waals surface area contributed by atoms with Crippen molar-refractivity contribution in [1.82, 2.24) is 10.6 Å². The van der Waals surface area contributed by atoms with Crippen molar-refractivity contribution in [2.75, 3.05) is 18.0 Å². The van der Waals surface area contributed by atoms with Crippen LogP contribution in [0.1, 0.15) is 37.0 Å². The summed E-state index contributed by atoms with van der Waals surface area (Å²) >= 11 is 0. The highest BCUT2D eigenvalue weighted by molar-refractivity contribution is 5.98. The van der Waals surface area contributed by atoms with Crippen LogP contribution in [0.2, 0.25) is 0 Å². The molecule has 1 aliphatic rings. The zero-order chi connectivity index (χ0) is 16.1. The highest BCUT2D eigenvalue weighted by Crippen LogP contribution is 2.21. The van der Waals surface area contributed by atoms with E-state index in [2.05, 4.69) is 10.6 Å². The van der Waals surface area contributed by atoms with Crippen LogP contribution in [0.4, 0.5) is 5.69 Å². The van der Waals surface area contributed by atoms with E-state index in [4.69, 9.17) is 0 Å². The molecule has 1 aliphatic heterocycles. The lowest BCUT2D eigenvalue weighted by Crippen LogP contribution is -2.39. The van der Waals surface area contributed by atoms with Crippen molar-refractivity contribution in [3.63, 3.8) is 0 Å². The molecule has 6 heteroatoms. The normalized spacial score (nSPS) is 14.3. The molecule has 0 saturated carbocycles. The SMILES string of the molecule is CC(C)NC(=O)CNC(=O)c1ccc(N2CCCC2=O)cc1. The Morgan fingerprint density at radius 1 is 1.23 bits per heavy atom. The smallest absolute Gasteiger partial charge is 0.251 e. The molecule has 6 nitrogen and oxygen atoms in total. The van der Waals surface area contributed by atoms with Gasteiger partial charge in [-0.05, 0) is 44.5 Å². The van der Waals surface area contributed by atoms with Gasteiger partial charge in [-0.25, -0.2) is 0 Å². The van der Waals surface area contributed by atoms with Crippen molar-refractivity contribution in [3.05, 3.63) is 29.8 Å². The fraction of sp³-hybridized carbons (Fsp3) is 0.438. The van der Waals surface area contributed by atoms with Gasteiger partial charge in [0.15, 0.2) is 0 Å². The Labute approximate surface area is 129 Å². The van der Waals surface area contributed by atoms with Crippen LogP contribution in [-0.2, 0) is 9.59 Å². The molecule has 1 saturated heterocycles. The number of anilines is 1. The van der Waals surface area contributed by atoms with Crippen LogP contribution in [0.5, 0.6) is 0 Å². The molecule has 3 amide bonds. The molecule has 1 heterocycles. The average Bonchev–Trinajstić information content (AvgIpc) is 2.90. The Bertz CT molecular complexity index is 567. The minimum absolute atomic E-state index is 0.0432. The van der Waals surface area contributed by atoms with Gasteiger partial charge in [0.05, 0.1) is 6.54 Å². The Morgan fingerprint density at radius 2 is 1.91 bits per heavy atom. The number of hydrogen-bond acceptors (Lipinski definition) is 3. The van der Waals surface area contributed by atoms with Crippen molar-refractivity contribution in [3.8, 4) is 0 Å². The average molecular weight is 303 g/mol. The van der Waals surface area contributed by atoms with E-state index in [0.717, 1.165) is 18.7 Å². The van der Waals surface area contributed by atoms with E-state index in [9.17, 15) is 14.4 Å². The van der Waals surface area contributed by atoms with Gasteiger partial charge in [0, 0.05) is 30.3 Å². The van der Waals surface area contributed by atoms with Gasteiger partial charge in [-0.15, -0.1) is 0 Å². The molecule has 0 spiro atoms. The summed E-state index contributed by atoms with van der Waals surface area (Å²) in [5.74, 6) is -0.414. The fourth-order valence-corrected chi connectivity index (χ4v) is 2.35. The molecule has 1 fully saturated rings. The Kier molecular flexibility index (Phi) is 5.14. The van der Waals surface area contributed by atoms with E-state index >= 15 is 0 Å². The Hall–Kier alpha value is -2.37. The molecule has 1 aromatic carbocycles. The first-order valence-electron chi connectivity index (χ1n) is 7.45. The summed E-state index contributed by atoms with van der Waals surface area (Å²) in [7, 11) is 0. The second-order valence-corrected chi connectivity index (χ2v) is 5.60. The van der Waals surface area contributed by atoms with Crippen LogP contribution in [0.25, 0.3) is 0 Å². The third-order valence-corrected chi connectivity index (χ3v) is 3.37. The molecule has 1 aromatic rings. The van der Waals surface area contributed by atoms with Crippen molar-refractivity contribution < 1.29 is 14.4 Å². The molecule has 0 bridgehead atoms. The Balaban J connectivity index is 1.91. The highest BCUT2D eigenvalue weighted by atomic mass is 16.2. The number of carbonyl (C=O) groups excluding carboxylic acids is 3. The molecule has 0 atom stereocenters. The van der Waals surface area contributed by atoms with E-state index in [1.807, 2.05) is 13.8 Å². The van der Waals surface area contributed by atoms with Gasteiger partial charge in [-0.3, -0.25) is 14.4 Å². The minimum Gasteiger partial charge on any atom is -0.352 e. The van der Waals surface area contributed by atoms with Gasteiger partial charge in [0.1, 0.15) is 0 Å². The van der Waals surface area contributed by atoms with Gasteiger partial charge in [0.25, 0.3) is 5.91 Å². The Morgan fingerprint density at radius 3 is 2.45 bits per heavy atom. The van der Waals surface area contributed by atoms with E-state index in [-0.39, 0.29) is 30.3 Å². The lowest BCUT2D eigenvalue weighted by atomic mass is 10.2. The summed E-state index contributed by atoms with van der Waals surface area (Å²) in [4.78, 5) is 36.8. The number of amides is 3. The van der Waals surface area contributed by atoms with Gasteiger partial charge in [-0.2, -0.15) is 0 Å². The maximum absolute atomic E-state index is 12.0. The molecule has 0 radical (unpaired) electrons. The van der Waals surface area contributed by atoms with Crippen LogP contribution >= 0.6 is 0 Å². The second-order valence-electron chi connectivity index (χ2n) is 5.60. The number of carbonyl (C=O) groups is 3. The first kappa shape index (κ1) is 16.0. The maximum atomic E-state index is 12.0. The van der Waals surface area contributed by atoms with Crippen molar-refractivity contribution in [1.29, 1.82) is 0 Å². The summed E-state index contributed by atoms with van der Waals surface area (Å²) in [5, 5.41) is 5.27. The number of rotatable bonds is 5. The van der Waals surface area contributed by atoms with Crippen molar-refractivity contribution >= 4 is 23.4 Å². The quantitative estimate of drug-likeness (QED) is 0.854. The molecule has 118 valence electrons. The molecular formula is C16H21N3O3. The molecule has 22 heavy (non-hydrogen) atoms. The summed E-state index contributed by atoms with van der Waals surface area (Å²) in [6.07, 6.45) is 1.44. The number of benzene rings is 1. The zero-order valence-electron chi connectivity index (χ0n) is 12.9. The lowest BCUT2D eigenvalue weighted by molar-refractivity contribution is -0.120. The van der Waals surface area contributed by atoms with E-state index in [0.29, 0.717) is 12.0 Å². The fourth-order valence-electron chi connectivity index (χ4n) is 2.35. The second kappa shape index (κ2) is 7.06. The van der Waals surface area contributed by atoms with Gasteiger partial charge >= 0.3 is 0 Å². The first-order valence-corrected chi connectivity index (χ1v) is 7.45. The van der Waals surface area contributed by atoms with Gasteiger partial charge in [-0.1, -0.05) is 0 Å². The number of hydrogen-bond donors (Lipinski definition) is 2. The van der Waals surface area contributed by atoms with Crippen LogP contribution in [0, 0.1) is 0 Å². The molecule has 0 aliphatic carbocycles. The number of nitrogens with zero attached hydrogens (tertiary/aromatic N) is 1. The van der Waals surface area contributed by atoms with Crippen LogP contribution in [0.15, 0.2) is 24.3 Å². The first-order chi connectivity index (χ1) is 10.5. The number of nitrogens with one attached hydrogen (secondary N) is 2. The predicted octanol–water partition coefficient (Wildman–Crippen LogP) is 1.07. The molecular weight excluding hydrogens is 282 g/mol. The molecule has 2 rings (SSSR count). The largest absolute Gasteiger partial charge is 0.352 e. The summed E-state index contributed by atoms with van der Waals surface area (Å²) in [5.41, 5.74) is 1.27. The van der Waals surface area contributed by atoms with Crippen molar-refractivity contribution in [2.45, 2.75) is 32.7 Å². The molecule has 0 unspecified atom stereocenters. The standard InChI is InChI=1S/C16H21N3O3/c1-11(2)18-14(20)10-17-16(22)12-5-7-13(8-6-12)19-9-3-4-15(19)21/h5-8,11H,3-4,9-10H2,1-2H3,(H,17,22)(H,18,20). The van der Waals surface area contributed by atoms with Gasteiger partial charge < -0.3 is 15.5 Å².